The minimum Gasteiger partial charge on any atom is -0.490 e. The Hall–Kier alpha value is -0.130. The molecule has 2 rings (SSSR count). The maximum absolute atomic E-state index is 13.9. The van der Waals surface area contributed by atoms with Crippen LogP contribution in [0, 0.1) is 12.7 Å². The third-order valence-corrected chi connectivity index (χ3v) is 5.00. The fourth-order valence-electron chi connectivity index (χ4n) is 2.35. The molecule has 1 aromatic rings. The molecule has 1 atom stereocenters. The molecule has 0 heterocycles. The molecule has 0 aromatic heterocycles. The van der Waals surface area contributed by atoms with E-state index in [-0.39, 0.29) is 11.9 Å². The normalized spacial score (nSPS) is 16.4. The molecule has 6 heteroatoms. The first-order valence-electron chi connectivity index (χ1n) is 6.50. The lowest BCUT2D eigenvalue weighted by Gasteiger charge is -2.25. The average molecular weight is 396 g/mol. The number of halogens is 2. The van der Waals surface area contributed by atoms with Gasteiger partial charge in [0.2, 0.25) is 0 Å². The van der Waals surface area contributed by atoms with Gasteiger partial charge in [0.15, 0.2) is 0 Å². The molecule has 0 aliphatic heterocycles. The third kappa shape index (κ3) is 3.92. The van der Waals surface area contributed by atoms with Gasteiger partial charge in [0.05, 0.1) is 29.0 Å². The van der Waals surface area contributed by atoms with E-state index in [0.29, 0.717) is 5.69 Å². The van der Waals surface area contributed by atoms with Crippen molar-refractivity contribution in [3.8, 4) is 5.75 Å². The molecule has 1 aromatic carbocycles. The number of hydrogen-bond donors (Lipinski definition) is 1. The van der Waals surface area contributed by atoms with Gasteiger partial charge >= 0.3 is 0 Å². The van der Waals surface area contributed by atoms with Crippen molar-refractivity contribution in [3.05, 3.63) is 23.5 Å². The van der Waals surface area contributed by atoms with E-state index in [1.165, 1.54) is 25.3 Å². The summed E-state index contributed by atoms with van der Waals surface area (Å²) < 4.78 is 21.5. The lowest BCUT2D eigenvalue weighted by Crippen LogP contribution is -2.22. The van der Waals surface area contributed by atoms with Gasteiger partial charge < -0.3 is 4.74 Å². The van der Waals surface area contributed by atoms with E-state index in [1.807, 2.05) is 29.8 Å². The SMILES string of the molecule is Cc1cc(F)c(N(I)NP)cc1OC1CCCCC1. The highest BCUT2D eigenvalue weighted by Crippen LogP contribution is 2.32. The van der Waals surface area contributed by atoms with E-state index in [2.05, 4.69) is 14.6 Å². The fourth-order valence-corrected chi connectivity index (χ4v) is 2.86. The number of nitrogens with zero attached hydrogens (tertiary/aromatic N) is 1. The van der Waals surface area contributed by atoms with Crippen LogP contribution in [0.1, 0.15) is 37.7 Å². The average Bonchev–Trinajstić information content (AvgIpc) is 2.42. The lowest BCUT2D eigenvalue weighted by molar-refractivity contribution is 0.154. The molecule has 1 aliphatic rings. The predicted molar refractivity (Wildman–Crippen MR) is 88.0 cm³/mol. The van der Waals surface area contributed by atoms with Crippen molar-refractivity contribution in [1.29, 1.82) is 0 Å². The Morgan fingerprint density at radius 2 is 2.05 bits per heavy atom. The number of nitrogens with one attached hydrogen (secondary N) is 1. The van der Waals surface area contributed by atoms with Crippen LogP contribution in [0.25, 0.3) is 0 Å². The second kappa shape index (κ2) is 7.04. The first kappa shape index (κ1) is 15.3. The van der Waals surface area contributed by atoms with Crippen LogP contribution in [0.3, 0.4) is 0 Å². The Balaban J connectivity index is 2.19. The van der Waals surface area contributed by atoms with Crippen LogP contribution in [0.15, 0.2) is 12.1 Å². The second-order valence-electron chi connectivity index (χ2n) is 4.86. The Kier molecular flexibility index (Phi) is 5.66. The van der Waals surface area contributed by atoms with Crippen molar-refractivity contribution < 1.29 is 9.13 Å². The van der Waals surface area contributed by atoms with Gasteiger partial charge in [-0.3, -0.25) is 0 Å². The minimum atomic E-state index is -0.252. The van der Waals surface area contributed by atoms with Crippen LogP contribution in [-0.4, -0.2) is 6.10 Å². The summed E-state index contributed by atoms with van der Waals surface area (Å²) in [6, 6.07) is 3.30. The van der Waals surface area contributed by atoms with Gasteiger partial charge in [0, 0.05) is 6.07 Å². The van der Waals surface area contributed by atoms with Gasteiger partial charge in [-0.1, -0.05) is 6.42 Å². The summed E-state index contributed by atoms with van der Waals surface area (Å²) >= 11 is 2.00. The molecule has 0 saturated heterocycles. The van der Waals surface area contributed by atoms with Crippen molar-refractivity contribution in [2.75, 3.05) is 3.22 Å². The van der Waals surface area contributed by atoms with Gasteiger partial charge in [0.25, 0.3) is 0 Å². The quantitative estimate of drug-likeness (QED) is 0.356. The minimum absolute atomic E-state index is 0.252. The van der Waals surface area contributed by atoms with Gasteiger partial charge in [-0.15, -0.1) is 0 Å². The molecule has 0 bridgehead atoms. The summed E-state index contributed by atoms with van der Waals surface area (Å²) in [5, 5.41) is 2.81. The van der Waals surface area contributed by atoms with Gasteiger partial charge in [-0.25, -0.2) is 12.8 Å². The molecule has 0 amide bonds. The zero-order chi connectivity index (χ0) is 13.8. The summed E-state index contributed by atoms with van der Waals surface area (Å²) in [6.45, 7) is 1.89. The maximum Gasteiger partial charge on any atom is 0.149 e. The molecule has 1 unspecified atom stereocenters. The van der Waals surface area contributed by atoms with E-state index < -0.39 is 0 Å². The van der Waals surface area contributed by atoms with Crippen LogP contribution < -0.4 is 13.2 Å². The van der Waals surface area contributed by atoms with Crippen molar-refractivity contribution in [2.24, 2.45) is 0 Å². The highest BCUT2D eigenvalue weighted by molar-refractivity contribution is 14.1. The Morgan fingerprint density at radius 3 is 2.68 bits per heavy atom. The standard InChI is InChI=1S/C13H19FIN2OP/c1-9-7-11(14)12(17(15)16-19)8-13(9)18-10-5-3-2-4-6-10/h7-8,10,16H,2-6,19H2,1H3. The molecule has 3 nitrogen and oxygen atoms in total. The van der Waals surface area contributed by atoms with E-state index in [0.717, 1.165) is 24.2 Å². The number of benzene rings is 1. The predicted octanol–water partition coefficient (Wildman–Crippen LogP) is 4.30. The van der Waals surface area contributed by atoms with Gasteiger partial charge in [0.1, 0.15) is 17.3 Å². The maximum atomic E-state index is 13.9. The zero-order valence-corrected chi connectivity index (χ0v) is 14.3. The Labute approximate surface area is 130 Å². The van der Waals surface area contributed by atoms with Crippen molar-refractivity contribution in [1.82, 2.24) is 5.20 Å². The topological polar surface area (TPSA) is 24.5 Å². The second-order valence-corrected chi connectivity index (χ2v) is 6.08. The molecule has 1 fully saturated rings. The number of rotatable bonds is 4. The number of anilines is 1. The molecule has 0 spiro atoms. The van der Waals surface area contributed by atoms with E-state index in [9.17, 15) is 4.39 Å². The number of hydrazine groups is 1. The zero-order valence-electron chi connectivity index (χ0n) is 11.0. The highest BCUT2D eigenvalue weighted by atomic mass is 127. The van der Waals surface area contributed by atoms with Crippen LogP contribution in [0.2, 0.25) is 0 Å². The summed E-state index contributed by atoms with van der Waals surface area (Å²) in [5.41, 5.74) is 1.33. The first-order valence-corrected chi connectivity index (χ1v) is 8.05. The third-order valence-electron chi connectivity index (χ3n) is 3.42. The Bertz CT molecular complexity index is 441. The molecule has 0 radical (unpaired) electrons. The fraction of sp³-hybridized carbons (Fsp3) is 0.538. The van der Waals surface area contributed by atoms with Crippen molar-refractivity contribution >= 4 is 37.9 Å². The lowest BCUT2D eigenvalue weighted by atomic mass is 9.97. The van der Waals surface area contributed by atoms with Crippen LogP contribution >= 0.6 is 32.3 Å². The van der Waals surface area contributed by atoms with Gasteiger partial charge in [-0.05, 0) is 53.6 Å². The highest BCUT2D eigenvalue weighted by Gasteiger charge is 2.18. The summed E-state index contributed by atoms with van der Waals surface area (Å²) in [4.78, 5) is 0. The molecular weight excluding hydrogens is 377 g/mol. The molecule has 1 aliphatic carbocycles. The molecule has 1 N–H and O–H groups in total. The molecule has 106 valence electrons. The first-order chi connectivity index (χ1) is 9.11. The summed E-state index contributed by atoms with van der Waals surface area (Å²) in [7, 11) is 2.35. The largest absolute Gasteiger partial charge is 0.490 e. The molecular formula is C13H19FIN2OP. The van der Waals surface area contributed by atoms with E-state index in [1.54, 1.807) is 9.29 Å². The van der Waals surface area contributed by atoms with Crippen LogP contribution in [0.5, 0.6) is 5.75 Å². The van der Waals surface area contributed by atoms with Gasteiger partial charge in [-0.2, -0.15) is 0 Å². The Morgan fingerprint density at radius 1 is 1.37 bits per heavy atom. The number of aryl methyl sites for hydroxylation is 1. The number of ether oxygens (including phenoxy) is 1. The van der Waals surface area contributed by atoms with Crippen LogP contribution in [0.4, 0.5) is 10.1 Å². The molecule has 1 saturated carbocycles. The van der Waals surface area contributed by atoms with Crippen LogP contribution in [-0.2, 0) is 0 Å². The summed E-state index contributed by atoms with van der Waals surface area (Å²) in [5.74, 6) is 0.531. The van der Waals surface area contributed by atoms with Crippen molar-refractivity contribution in [3.63, 3.8) is 0 Å². The monoisotopic (exact) mass is 396 g/mol. The number of hydrogen-bond acceptors (Lipinski definition) is 3. The van der Waals surface area contributed by atoms with E-state index in [4.69, 9.17) is 4.74 Å². The molecule has 19 heavy (non-hydrogen) atoms. The van der Waals surface area contributed by atoms with E-state index >= 15 is 0 Å². The summed E-state index contributed by atoms with van der Waals surface area (Å²) in [6.07, 6.45) is 6.22. The van der Waals surface area contributed by atoms with Crippen molar-refractivity contribution in [2.45, 2.75) is 45.1 Å². The smallest absolute Gasteiger partial charge is 0.149 e.